The molecular formula is C20H21FN4O3S. The lowest BCUT2D eigenvalue weighted by atomic mass is 9.73. The van der Waals surface area contributed by atoms with E-state index in [4.69, 9.17) is 0 Å². The summed E-state index contributed by atoms with van der Waals surface area (Å²) in [6.45, 7) is 1.60. The van der Waals surface area contributed by atoms with Crippen LogP contribution in [0.5, 0.6) is 0 Å². The van der Waals surface area contributed by atoms with Crippen molar-refractivity contribution in [3.05, 3.63) is 35.5 Å². The Bertz CT molecular complexity index is 978. The van der Waals surface area contributed by atoms with Crippen LogP contribution < -0.4 is 10.6 Å². The quantitative estimate of drug-likeness (QED) is 0.748. The van der Waals surface area contributed by atoms with Crippen LogP contribution in [-0.4, -0.2) is 39.8 Å². The van der Waals surface area contributed by atoms with E-state index < -0.39 is 17.5 Å². The number of nitrogens with zero attached hydrogens (tertiary/aromatic N) is 2. The molecule has 29 heavy (non-hydrogen) atoms. The molecule has 1 aromatic heterocycles. The van der Waals surface area contributed by atoms with E-state index >= 15 is 0 Å². The Kier molecular flexibility index (Phi) is 5.08. The van der Waals surface area contributed by atoms with Crippen molar-refractivity contribution in [1.82, 2.24) is 15.2 Å². The molecule has 1 aromatic carbocycles. The van der Waals surface area contributed by atoms with Crippen molar-refractivity contribution >= 4 is 34.3 Å². The first-order chi connectivity index (χ1) is 13.9. The molecule has 2 fully saturated rings. The Hall–Kier alpha value is -2.81. The largest absolute Gasteiger partial charge is 0.325 e. The maximum atomic E-state index is 13.4. The molecule has 1 aliphatic heterocycles. The Morgan fingerprint density at radius 2 is 2.24 bits per heavy atom. The van der Waals surface area contributed by atoms with E-state index in [9.17, 15) is 18.8 Å². The smallest absolute Gasteiger partial charge is 0.323 e. The van der Waals surface area contributed by atoms with Crippen molar-refractivity contribution in [2.45, 2.75) is 38.1 Å². The number of thiazole rings is 1. The SMILES string of the molecule is CC1CCCCC12NC(=O)N(CC(=O)Nc1nc(-c3cccc(F)c3)cs1)C2=O. The van der Waals surface area contributed by atoms with E-state index in [1.54, 1.807) is 17.5 Å². The average Bonchev–Trinajstić information content (AvgIpc) is 3.23. The molecule has 0 radical (unpaired) electrons. The average molecular weight is 416 g/mol. The van der Waals surface area contributed by atoms with Crippen molar-refractivity contribution in [3.63, 3.8) is 0 Å². The second-order valence-electron chi connectivity index (χ2n) is 7.54. The summed E-state index contributed by atoms with van der Waals surface area (Å²) in [6, 6.07) is 5.48. The maximum Gasteiger partial charge on any atom is 0.325 e. The molecule has 1 aliphatic carbocycles. The molecule has 4 rings (SSSR count). The van der Waals surface area contributed by atoms with Gasteiger partial charge in [-0.1, -0.05) is 31.9 Å². The molecule has 0 bridgehead atoms. The number of carbonyl (C=O) groups excluding carboxylic acids is 3. The molecule has 4 amide bonds. The summed E-state index contributed by atoms with van der Waals surface area (Å²) < 4.78 is 13.4. The minimum Gasteiger partial charge on any atom is -0.323 e. The van der Waals surface area contributed by atoms with Gasteiger partial charge < -0.3 is 10.6 Å². The van der Waals surface area contributed by atoms with Crippen LogP contribution in [0.3, 0.4) is 0 Å². The van der Waals surface area contributed by atoms with Crippen LogP contribution >= 0.6 is 11.3 Å². The third-order valence-corrected chi connectivity index (χ3v) is 6.43. The number of hydrogen-bond acceptors (Lipinski definition) is 5. The van der Waals surface area contributed by atoms with Gasteiger partial charge in [0.1, 0.15) is 17.9 Å². The van der Waals surface area contributed by atoms with Crippen LogP contribution in [0.4, 0.5) is 14.3 Å². The fourth-order valence-corrected chi connectivity index (χ4v) is 4.79. The summed E-state index contributed by atoms with van der Waals surface area (Å²) in [7, 11) is 0. The molecule has 152 valence electrons. The number of carbonyl (C=O) groups is 3. The molecular weight excluding hydrogens is 395 g/mol. The highest BCUT2D eigenvalue weighted by Crippen LogP contribution is 2.38. The normalized spacial score (nSPS) is 24.1. The summed E-state index contributed by atoms with van der Waals surface area (Å²) in [4.78, 5) is 43.0. The number of halogens is 1. The summed E-state index contributed by atoms with van der Waals surface area (Å²) in [5.74, 6) is -1.17. The molecule has 1 saturated heterocycles. The third-order valence-electron chi connectivity index (χ3n) is 5.67. The lowest BCUT2D eigenvalue weighted by Gasteiger charge is -2.36. The van der Waals surface area contributed by atoms with Crippen LogP contribution in [0.25, 0.3) is 11.3 Å². The first-order valence-corrected chi connectivity index (χ1v) is 10.4. The van der Waals surface area contributed by atoms with Crippen LogP contribution in [-0.2, 0) is 9.59 Å². The van der Waals surface area contributed by atoms with Gasteiger partial charge in [-0.3, -0.25) is 14.5 Å². The Morgan fingerprint density at radius 3 is 3.00 bits per heavy atom. The number of rotatable bonds is 4. The molecule has 7 nitrogen and oxygen atoms in total. The molecule has 2 unspecified atom stereocenters. The number of nitrogens with one attached hydrogen (secondary N) is 2. The molecule has 2 N–H and O–H groups in total. The Morgan fingerprint density at radius 1 is 1.41 bits per heavy atom. The van der Waals surface area contributed by atoms with E-state index in [0.29, 0.717) is 22.8 Å². The van der Waals surface area contributed by atoms with Gasteiger partial charge in [-0.25, -0.2) is 14.2 Å². The molecule has 2 aromatic rings. The standard InChI is InChI=1S/C20H21FN4O3S/c1-12-5-2-3-8-20(12)17(27)25(19(28)24-20)10-16(26)23-18-22-15(11-29-18)13-6-4-7-14(21)9-13/h4,6-7,9,11-12H,2-3,5,8,10H2,1H3,(H,24,28)(H,22,23,26). The van der Waals surface area contributed by atoms with Gasteiger partial charge in [0.2, 0.25) is 5.91 Å². The zero-order chi connectivity index (χ0) is 20.6. The fourth-order valence-electron chi connectivity index (χ4n) is 4.05. The first kappa shape index (κ1) is 19.5. The van der Waals surface area contributed by atoms with Crippen molar-refractivity contribution in [2.75, 3.05) is 11.9 Å². The maximum absolute atomic E-state index is 13.4. The van der Waals surface area contributed by atoms with Crippen LogP contribution in [0.1, 0.15) is 32.6 Å². The highest BCUT2D eigenvalue weighted by atomic mass is 32.1. The number of imide groups is 1. The van der Waals surface area contributed by atoms with Gasteiger partial charge in [0, 0.05) is 10.9 Å². The predicted octanol–water partition coefficient (Wildman–Crippen LogP) is 3.39. The van der Waals surface area contributed by atoms with E-state index in [-0.39, 0.29) is 24.2 Å². The second-order valence-corrected chi connectivity index (χ2v) is 8.39. The number of urea groups is 1. The molecule has 2 atom stereocenters. The topological polar surface area (TPSA) is 91.4 Å². The van der Waals surface area contributed by atoms with E-state index in [1.807, 2.05) is 6.92 Å². The van der Waals surface area contributed by atoms with Gasteiger partial charge in [0.25, 0.3) is 5.91 Å². The fraction of sp³-hybridized carbons (Fsp3) is 0.400. The second kappa shape index (κ2) is 7.55. The number of hydrogen-bond donors (Lipinski definition) is 2. The van der Waals surface area contributed by atoms with Crippen molar-refractivity contribution in [3.8, 4) is 11.3 Å². The summed E-state index contributed by atoms with van der Waals surface area (Å²) >= 11 is 1.19. The number of amides is 4. The van der Waals surface area contributed by atoms with E-state index in [1.165, 1.54) is 23.5 Å². The van der Waals surface area contributed by atoms with Gasteiger partial charge in [0.15, 0.2) is 5.13 Å². The Labute approximate surface area is 171 Å². The highest BCUT2D eigenvalue weighted by molar-refractivity contribution is 7.14. The number of aromatic nitrogens is 1. The molecule has 1 saturated carbocycles. The molecule has 2 aliphatic rings. The van der Waals surface area contributed by atoms with Crippen molar-refractivity contribution in [2.24, 2.45) is 5.92 Å². The number of anilines is 1. The molecule has 1 spiro atoms. The lowest BCUT2D eigenvalue weighted by Crippen LogP contribution is -2.54. The zero-order valence-corrected chi connectivity index (χ0v) is 16.7. The molecule has 2 heterocycles. The Balaban J connectivity index is 1.42. The minimum atomic E-state index is -0.888. The highest BCUT2D eigenvalue weighted by Gasteiger charge is 2.55. The lowest BCUT2D eigenvalue weighted by molar-refractivity contribution is -0.136. The monoisotopic (exact) mass is 416 g/mol. The zero-order valence-electron chi connectivity index (χ0n) is 15.9. The third kappa shape index (κ3) is 3.62. The number of benzene rings is 1. The van der Waals surface area contributed by atoms with Gasteiger partial charge in [-0.05, 0) is 30.9 Å². The van der Waals surface area contributed by atoms with Crippen molar-refractivity contribution in [1.29, 1.82) is 0 Å². The van der Waals surface area contributed by atoms with Gasteiger partial charge in [0.05, 0.1) is 5.69 Å². The van der Waals surface area contributed by atoms with Crippen molar-refractivity contribution < 1.29 is 18.8 Å². The summed E-state index contributed by atoms with van der Waals surface area (Å²) in [5.41, 5.74) is 0.250. The van der Waals surface area contributed by atoms with E-state index in [0.717, 1.165) is 24.2 Å². The van der Waals surface area contributed by atoms with Gasteiger partial charge in [-0.2, -0.15) is 0 Å². The summed E-state index contributed by atoms with van der Waals surface area (Å²) in [5, 5.41) is 7.47. The van der Waals surface area contributed by atoms with Gasteiger partial charge in [-0.15, -0.1) is 11.3 Å². The predicted molar refractivity (Wildman–Crippen MR) is 107 cm³/mol. The van der Waals surface area contributed by atoms with E-state index in [2.05, 4.69) is 15.6 Å². The van der Waals surface area contributed by atoms with Crippen LogP contribution in [0.15, 0.2) is 29.6 Å². The summed E-state index contributed by atoms with van der Waals surface area (Å²) in [6.07, 6.45) is 3.37. The van der Waals surface area contributed by atoms with Crippen LogP contribution in [0, 0.1) is 11.7 Å². The minimum absolute atomic E-state index is 0.0357. The van der Waals surface area contributed by atoms with Gasteiger partial charge >= 0.3 is 6.03 Å². The first-order valence-electron chi connectivity index (χ1n) is 9.54. The van der Waals surface area contributed by atoms with Crippen LogP contribution in [0.2, 0.25) is 0 Å². The molecule has 9 heteroatoms.